The molecule has 7 heteroatoms. The van der Waals surface area contributed by atoms with Crippen molar-refractivity contribution in [2.75, 3.05) is 0 Å². The van der Waals surface area contributed by atoms with E-state index in [4.69, 9.17) is 0 Å². The molecule has 0 saturated heterocycles. The first kappa shape index (κ1) is 14.2. The van der Waals surface area contributed by atoms with Crippen molar-refractivity contribution in [3.8, 4) is 0 Å². The molecule has 21 heavy (non-hydrogen) atoms. The molecule has 0 fully saturated rings. The average Bonchev–Trinajstić information content (AvgIpc) is 3.12. The minimum atomic E-state index is 0.826. The van der Waals surface area contributed by atoms with Gasteiger partial charge in [-0.1, -0.05) is 17.8 Å². The van der Waals surface area contributed by atoms with Crippen LogP contribution < -0.4 is 0 Å². The Labute approximate surface area is 131 Å². The van der Waals surface area contributed by atoms with Gasteiger partial charge in [-0.25, -0.2) is 4.98 Å². The number of rotatable bonds is 6. The lowest BCUT2D eigenvalue weighted by atomic mass is 10.3. The van der Waals surface area contributed by atoms with Crippen LogP contribution in [0.2, 0.25) is 0 Å². The van der Waals surface area contributed by atoms with Crippen LogP contribution in [0.1, 0.15) is 16.4 Å². The minimum absolute atomic E-state index is 0.826. The Bertz CT molecular complexity index is 692. The van der Waals surface area contributed by atoms with Crippen molar-refractivity contribution in [1.82, 2.24) is 24.7 Å². The SMILES string of the molecule is Cc1nc(CSc2nncn2CCc2ccccn2)cs1. The fraction of sp³-hybridized carbons (Fsp3) is 0.286. The molecule has 0 aromatic carbocycles. The quantitative estimate of drug-likeness (QED) is 0.654. The van der Waals surface area contributed by atoms with Gasteiger partial charge in [0, 0.05) is 36.0 Å². The molecular weight excluding hydrogens is 302 g/mol. The predicted molar refractivity (Wildman–Crippen MR) is 84.4 cm³/mol. The van der Waals surface area contributed by atoms with Crippen molar-refractivity contribution in [2.45, 2.75) is 30.8 Å². The third-order valence-electron chi connectivity index (χ3n) is 2.93. The van der Waals surface area contributed by atoms with Crippen LogP contribution in [0.3, 0.4) is 0 Å². The van der Waals surface area contributed by atoms with Gasteiger partial charge >= 0.3 is 0 Å². The van der Waals surface area contributed by atoms with Gasteiger partial charge in [-0.3, -0.25) is 4.98 Å². The first-order valence-corrected chi connectivity index (χ1v) is 8.49. The topological polar surface area (TPSA) is 56.5 Å². The molecule has 0 aliphatic carbocycles. The van der Waals surface area contributed by atoms with E-state index in [9.17, 15) is 0 Å². The summed E-state index contributed by atoms with van der Waals surface area (Å²) in [7, 11) is 0. The molecule has 3 aromatic rings. The van der Waals surface area contributed by atoms with Crippen LogP contribution in [-0.2, 0) is 18.7 Å². The maximum Gasteiger partial charge on any atom is 0.191 e. The van der Waals surface area contributed by atoms with Crippen LogP contribution in [0, 0.1) is 6.92 Å². The van der Waals surface area contributed by atoms with Gasteiger partial charge in [0.15, 0.2) is 5.16 Å². The third-order valence-corrected chi connectivity index (χ3v) is 4.77. The fourth-order valence-corrected chi connectivity index (χ4v) is 3.46. The van der Waals surface area contributed by atoms with Gasteiger partial charge in [0.25, 0.3) is 0 Å². The Morgan fingerprint density at radius 1 is 1.29 bits per heavy atom. The second-order valence-electron chi connectivity index (χ2n) is 4.52. The van der Waals surface area contributed by atoms with Gasteiger partial charge in [-0.2, -0.15) is 0 Å². The van der Waals surface area contributed by atoms with Crippen molar-refractivity contribution in [1.29, 1.82) is 0 Å². The van der Waals surface area contributed by atoms with Crippen LogP contribution in [0.15, 0.2) is 41.3 Å². The summed E-state index contributed by atoms with van der Waals surface area (Å²) in [5, 5.41) is 12.3. The number of hydrogen-bond acceptors (Lipinski definition) is 6. The lowest BCUT2D eigenvalue weighted by molar-refractivity contribution is 0.626. The number of aromatic nitrogens is 5. The van der Waals surface area contributed by atoms with E-state index in [1.165, 1.54) is 0 Å². The highest BCUT2D eigenvalue weighted by atomic mass is 32.2. The summed E-state index contributed by atoms with van der Waals surface area (Å²) >= 11 is 3.35. The maximum absolute atomic E-state index is 4.46. The highest BCUT2D eigenvalue weighted by Gasteiger charge is 2.07. The van der Waals surface area contributed by atoms with E-state index in [1.54, 1.807) is 29.4 Å². The first-order chi connectivity index (χ1) is 10.3. The number of aryl methyl sites for hydroxylation is 3. The van der Waals surface area contributed by atoms with Crippen LogP contribution in [0.25, 0.3) is 0 Å². The number of thiazole rings is 1. The Balaban J connectivity index is 1.58. The second kappa shape index (κ2) is 6.82. The van der Waals surface area contributed by atoms with Crippen molar-refractivity contribution < 1.29 is 0 Å². The molecule has 3 heterocycles. The average molecular weight is 317 g/mol. The summed E-state index contributed by atoms with van der Waals surface area (Å²) in [4.78, 5) is 8.80. The van der Waals surface area contributed by atoms with Gasteiger partial charge in [0.2, 0.25) is 0 Å². The molecule has 3 rings (SSSR count). The molecule has 108 valence electrons. The largest absolute Gasteiger partial charge is 0.308 e. The van der Waals surface area contributed by atoms with E-state index >= 15 is 0 Å². The Hall–Kier alpha value is -1.73. The molecule has 0 atom stereocenters. The molecule has 5 nitrogen and oxygen atoms in total. The smallest absolute Gasteiger partial charge is 0.191 e. The lowest BCUT2D eigenvalue weighted by Crippen LogP contribution is -2.03. The van der Waals surface area contributed by atoms with Crippen molar-refractivity contribution >= 4 is 23.1 Å². The van der Waals surface area contributed by atoms with Crippen LogP contribution in [0.4, 0.5) is 0 Å². The highest BCUT2D eigenvalue weighted by molar-refractivity contribution is 7.98. The molecule has 0 radical (unpaired) electrons. The van der Waals surface area contributed by atoms with Gasteiger partial charge in [-0.15, -0.1) is 21.5 Å². The second-order valence-corrected chi connectivity index (χ2v) is 6.53. The standard InChI is InChI=1S/C14H15N5S2/c1-11-17-13(8-20-11)9-21-14-18-16-10-19(14)7-5-12-4-2-3-6-15-12/h2-4,6,8,10H,5,7,9H2,1H3. The number of thioether (sulfide) groups is 1. The molecule has 0 saturated carbocycles. The van der Waals surface area contributed by atoms with E-state index in [1.807, 2.05) is 31.3 Å². The van der Waals surface area contributed by atoms with E-state index < -0.39 is 0 Å². The first-order valence-electron chi connectivity index (χ1n) is 6.63. The van der Waals surface area contributed by atoms with E-state index in [2.05, 4.69) is 30.1 Å². The summed E-state index contributed by atoms with van der Waals surface area (Å²) in [6.45, 7) is 2.86. The normalized spacial score (nSPS) is 10.9. The van der Waals surface area contributed by atoms with Gasteiger partial charge in [0.05, 0.1) is 10.7 Å². The lowest BCUT2D eigenvalue weighted by Gasteiger charge is -2.05. The third kappa shape index (κ3) is 3.89. The predicted octanol–water partition coefficient (Wildman–Crippen LogP) is 2.97. The fourth-order valence-electron chi connectivity index (χ4n) is 1.90. The Morgan fingerprint density at radius 2 is 2.24 bits per heavy atom. The summed E-state index contributed by atoms with van der Waals surface area (Å²) in [5.74, 6) is 0.826. The summed E-state index contributed by atoms with van der Waals surface area (Å²) in [6.07, 6.45) is 4.47. The number of hydrogen-bond donors (Lipinski definition) is 0. The van der Waals surface area contributed by atoms with E-state index in [0.717, 1.165) is 40.3 Å². The van der Waals surface area contributed by atoms with E-state index in [-0.39, 0.29) is 0 Å². The van der Waals surface area contributed by atoms with Gasteiger partial charge in [0.1, 0.15) is 6.33 Å². The molecule has 0 spiro atoms. The molecule has 0 bridgehead atoms. The molecule has 0 aliphatic rings. The van der Waals surface area contributed by atoms with E-state index in [0.29, 0.717) is 0 Å². The summed E-state index contributed by atoms with van der Waals surface area (Å²) < 4.78 is 2.07. The zero-order chi connectivity index (χ0) is 14.5. The minimum Gasteiger partial charge on any atom is -0.308 e. The summed E-state index contributed by atoms with van der Waals surface area (Å²) in [6, 6.07) is 5.98. The monoisotopic (exact) mass is 317 g/mol. The van der Waals surface area contributed by atoms with Crippen molar-refractivity contribution in [3.05, 3.63) is 52.5 Å². The highest BCUT2D eigenvalue weighted by Crippen LogP contribution is 2.21. The van der Waals surface area contributed by atoms with Crippen molar-refractivity contribution in [2.24, 2.45) is 0 Å². The molecule has 0 N–H and O–H groups in total. The molecule has 0 aliphatic heterocycles. The van der Waals surface area contributed by atoms with Crippen molar-refractivity contribution in [3.63, 3.8) is 0 Å². The zero-order valence-electron chi connectivity index (χ0n) is 11.6. The molecule has 0 amide bonds. The number of nitrogens with zero attached hydrogens (tertiary/aromatic N) is 5. The van der Waals surface area contributed by atoms with Crippen LogP contribution in [-0.4, -0.2) is 24.7 Å². The molecular formula is C14H15N5S2. The number of pyridine rings is 1. The van der Waals surface area contributed by atoms with Gasteiger partial charge < -0.3 is 4.57 Å². The molecule has 3 aromatic heterocycles. The Morgan fingerprint density at radius 3 is 3.00 bits per heavy atom. The summed E-state index contributed by atoms with van der Waals surface area (Å²) in [5.41, 5.74) is 2.18. The van der Waals surface area contributed by atoms with Crippen LogP contribution >= 0.6 is 23.1 Å². The maximum atomic E-state index is 4.46. The Kier molecular flexibility index (Phi) is 4.62. The zero-order valence-corrected chi connectivity index (χ0v) is 13.3. The molecule has 0 unspecified atom stereocenters. The van der Waals surface area contributed by atoms with Crippen LogP contribution in [0.5, 0.6) is 0 Å². The van der Waals surface area contributed by atoms with Gasteiger partial charge in [-0.05, 0) is 19.1 Å².